The van der Waals surface area contributed by atoms with Crippen molar-refractivity contribution in [1.29, 1.82) is 0 Å². The van der Waals surface area contributed by atoms with Crippen molar-refractivity contribution in [2.45, 2.75) is 39.8 Å². The summed E-state index contributed by atoms with van der Waals surface area (Å²) >= 11 is 5.99. The van der Waals surface area contributed by atoms with E-state index in [0.29, 0.717) is 5.11 Å². The van der Waals surface area contributed by atoms with Gasteiger partial charge in [0.2, 0.25) is 0 Å². The Bertz CT molecular complexity index is 1730. The number of ether oxygens (including phenoxy) is 2. The quantitative estimate of drug-likeness (QED) is 0.198. The summed E-state index contributed by atoms with van der Waals surface area (Å²) < 4.78 is 13.7. The number of thiocarbonyl (C=S) groups is 1. The average molecular weight is 575 g/mol. The van der Waals surface area contributed by atoms with Crippen molar-refractivity contribution in [1.82, 2.24) is 14.9 Å². The summed E-state index contributed by atoms with van der Waals surface area (Å²) in [4.78, 5) is 6.94. The van der Waals surface area contributed by atoms with Crippen molar-refractivity contribution in [3.05, 3.63) is 131 Å². The van der Waals surface area contributed by atoms with Crippen molar-refractivity contribution in [3.8, 4) is 22.9 Å². The Hall–Kier alpha value is -4.62. The maximum Gasteiger partial charge on any atom is 0.174 e. The highest BCUT2D eigenvalue weighted by Crippen LogP contribution is 2.44. The topological polar surface area (TPSA) is 51.6 Å². The van der Waals surface area contributed by atoms with Gasteiger partial charge in [0.15, 0.2) is 5.11 Å². The smallest absolute Gasteiger partial charge is 0.174 e. The maximum atomic E-state index is 6.10. The van der Waals surface area contributed by atoms with Crippen LogP contribution in [0.15, 0.2) is 97.2 Å². The molecule has 0 aliphatic carbocycles. The van der Waals surface area contributed by atoms with Gasteiger partial charge >= 0.3 is 0 Å². The molecule has 0 saturated carbocycles. The van der Waals surface area contributed by atoms with Crippen LogP contribution in [-0.2, 0) is 0 Å². The Kier molecular flexibility index (Phi) is 7.43. The van der Waals surface area contributed by atoms with Crippen LogP contribution in [0, 0.1) is 27.7 Å². The predicted molar refractivity (Wildman–Crippen MR) is 172 cm³/mol. The standard InChI is InChI=1S/C35H34N4O2S/c1-22-9-10-23(2)32(20-22)38-24(3)21-30(25(38)4)34-33(31-8-6-7-19-36-31)37-35(42)39(34)26-11-13-28(14-12-26)41-29-17-15-27(40-5)16-18-29/h6-21,33-34H,1-5H3,(H,37,42)/t33-,34+/m1/s1. The van der Waals surface area contributed by atoms with Crippen LogP contribution in [-0.4, -0.2) is 21.8 Å². The first-order valence-electron chi connectivity index (χ1n) is 14.0. The number of aryl methyl sites for hydroxylation is 3. The fraction of sp³-hybridized carbons (Fsp3) is 0.200. The normalized spacial score (nSPS) is 16.4. The van der Waals surface area contributed by atoms with Crippen LogP contribution < -0.4 is 19.7 Å². The number of aromatic nitrogens is 2. The maximum absolute atomic E-state index is 6.10. The zero-order chi connectivity index (χ0) is 29.4. The molecule has 0 amide bonds. The van der Waals surface area contributed by atoms with Gasteiger partial charge in [-0.3, -0.25) is 4.98 Å². The summed E-state index contributed by atoms with van der Waals surface area (Å²) in [6.45, 7) is 8.67. The summed E-state index contributed by atoms with van der Waals surface area (Å²) in [6.07, 6.45) is 1.84. The highest BCUT2D eigenvalue weighted by Gasteiger charge is 2.42. The first-order chi connectivity index (χ1) is 20.3. The predicted octanol–water partition coefficient (Wildman–Crippen LogP) is 8.08. The zero-order valence-electron chi connectivity index (χ0n) is 24.5. The fourth-order valence-electron chi connectivity index (χ4n) is 5.82. The van der Waals surface area contributed by atoms with Crippen molar-refractivity contribution in [2.75, 3.05) is 12.0 Å². The van der Waals surface area contributed by atoms with Crippen LogP contribution in [0.5, 0.6) is 17.2 Å². The molecule has 0 bridgehead atoms. The number of rotatable bonds is 7. The molecular weight excluding hydrogens is 540 g/mol. The van der Waals surface area contributed by atoms with Crippen molar-refractivity contribution in [2.24, 2.45) is 0 Å². The summed E-state index contributed by atoms with van der Waals surface area (Å²) in [5.74, 6) is 2.28. The van der Waals surface area contributed by atoms with Gasteiger partial charge in [0.25, 0.3) is 0 Å². The molecule has 0 spiro atoms. The molecule has 2 atom stereocenters. The first-order valence-corrected chi connectivity index (χ1v) is 14.4. The number of hydrogen-bond donors (Lipinski definition) is 1. The van der Waals surface area contributed by atoms with E-state index >= 15 is 0 Å². The lowest BCUT2D eigenvalue weighted by atomic mass is 9.96. The Labute approximate surface area is 252 Å². The lowest BCUT2D eigenvalue weighted by molar-refractivity contribution is 0.413. The van der Waals surface area contributed by atoms with E-state index in [1.165, 1.54) is 33.8 Å². The van der Waals surface area contributed by atoms with Crippen LogP contribution >= 0.6 is 12.2 Å². The van der Waals surface area contributed by atoms with E-state index < -0.39 is 0 Å². The highest BCUT2D eigenvalue weighted by atomic mass is 32.1. The van der Waals surface area contributed by atoms with Crippen LogP contribution in [0.1, 0.15) is 45.9 Å². The van der Waals surface area contributed by atoms with Gasteiger partial charge in [0.1, 0.15) is 17.2 Å². The number of benzene rings is 3. The largest absolute Gasteiger partial charge is 0.497 e. The molecule has 3 aromatic carbocycles. The molecular formula is C35H34N4O2S. The van der Waals surface area contributed by atoms with Gasteiger partial charge in [-0.05, 0) is 129 Å². The summed E-state index contributed by atoms with van der Waals surface area (Å²) in [5, 5.41) is 4.25. The van der Waals surface area contributed by atoms with E-state index in [9.17, 15) is 0 Å². The third-order valence-electron chi connectivity index (χ3n) is 7.90. The molecule has 7 heteroatoms. The first kappa shape index (κ1) is 27.5. The molecule has 1 saturated heterocycles. The molecule has 212 valence electrons. The number of methoxy groups -OCH3 is 1. The van der Waals surface area contributed by atoms with Crippen LogP contribution in [0.3, 0.4) is 0 Å². The molecule has 42 heavy (non-hydrogen) atoms. The molecule has 0 radical (unpaired) electrons. The summed E-state index contributed by atoms with van der Waals surface area (Å²) in [6, 6.07) is 30.3. The van der Waals surface area contributed by atoms with E-state index in [1.54, 1.807) is 7.11 Å². The Morgan fingerprint density at radius 2 is 1.50 bits per heavy atom. The molecule has 1 N–H and O–H groups in total. The molecule has 0 unspecified atom stereocenters. The minimum Gasteiger partial charge on any atom is -0.497 e. The Balaban J connectivity index is 1.40. The third kappa shape index (κ3) is 5.12. The van der Waals surface area contributed by atoms with Gasteiger partial charge in [-0.2, -0.15) is 0 Å². The van der Waals surface area contributed by atoms with Gasteiger partial charge in [-0.25, -0.2) is 0 Å². The van der Waals surface area contributed by atoms with Crippen LogP contribution in [0.25, 0.3) is 5.69 Å². The Morgan fingerprint density at radius 3 is 2.17 bits per heavy atom. The summed E-state index contributed by atoms with van der Waals surface area (Å²) in [5.41, 5.74) is 9.16. The molecule has 3 heterocycles. The second kappa shape index (κ2) is 11.3. The van der Waals surface area contributed by atoms with Crippen molar-refractivity contribution >= 4 is 23.0 Å². The molecule has 1 aliphatic heterocycles. The Morgan fingerprint density at radius 1 is 0.810 bits per heavy atom. The number of nitrogens with one attached hydrogen (secondary N) is 1. The van der Waals surface area contributed by atoms with Crippen molar-refractivity contribution in [3.63, 3.8) is 0 Å². The number of anilines is 1. The van der Waals surface area contributed by atoms with Gasteiger partial charge in [0, 0.05) is 29.0 Å². The van der Waals surface area contributed by atoms with Gasteiger partial charge in [-0.15, -0.1) is 0 Å². The number of nitrogens with zero attached hydrogens (tertiary/aromatic N) is 3. The molecule has 2 aromatic heterocycles. The zero-order valence-corrected chi connectivity index (χ0v) is 25.3. The second-order valence-corrected chi connectivity index (χ2v) is 11.1. The highest BCUT2D eigenvalue weighted by molar-refractivity contribution is 7.80. The minimum atomic E-state index is -0.124. The van der Waals surface area contributed by atoms with E-state index in [-0.39, 0.29) is 12.1 Å². The molecule has 6 nitrogen and oxygen atoms in total. The third-order valence-corrected chi connectivity index (χ3v) is 8.22. The van der Waals surface area contributed by atoms with Gasteiger partial charge in [0.05, 0.1) is 24.9 Å². The van der Waals surface area contributed by atoms with Gasteiger partial charge in [-0.1, -0.05) is 18.2 Å². The van der Waals surface area contributed by atoms with E-state index in [4.69, 9.17) is 26.7 Å². The molecule has 1 fully saturated rings. The molecule has 1 aliphatic rings. The van der Waals surface area contributed by atoms with Crippen LogP contribution in [0.2, 0.25) is 0 Å². The van der Waals surface area contributed by atoms with E-state index in [1.807, 2.05) is 54.7 Å². The SMILES string of the molecule is COc1ccc(Oc2ccc(N3C(=S)N[C@H](c4ccccn4)[C@@H]3c3cc(C)n(-c4cc(C)ccc4C)c3C)cc2)cc1. The lowest BCUT2D eigenvalue weighted by Gasteiger charge is -2.28. The number of pyridine rings is 1. The second-order valence-electron chi connectivity index (χ2n) is 10.7. The van der Waals surface area contributed by atoms with E-state index in [0.717, 1.165) is 28.6 Å². The number of hydrogen-bond acceptors (Lipinski definition) is 4. The lowest BCUT2D eigenvalue weighted by Crippen LogP contribution is -2.29. The average Bonchev–Trinajstić information content (AvgIpc) is 3.50. The fourth-order valence-corrected chi connectivity index (χ4v) is 6.17. The van der Waals surface area contributed by atoms with E-state index in [2.05, 4.69) is 84.9 Å². The molecule has 6 rings (SSSR count). The van der Waals surface area contributed by atoms with Gasteiger partial charge < -0.3 is 24.3 Å². The minimum absolute atomic E-state index is 0.106. The van der Waals surface area contributed by atoms with Crippen LogP contribution in [0.4, 0.5) is 5.69 Å². The monoisotopic (exact) mass is 574 g/mol. The van der Waals surface area contributed by atoms with Crippen molar-refractivity contribution < 1.29 is 9.47 Å². The summed E-state index contributed by atoms with van der Waals surface area (Å²) in [7, 11) is 1.65. The molecule has 5 aromatic rings.